The van der Waals surface area contributed by atoms with E-state index in [-0.39, 0.29) is 12.2 Å². The number of alkyl halides is 2. The third-order valence-corrected chi connectivity index (χ3v) is 2.46. The molecular weight excluding hydrogens is 226 g/mol. The van der Waals surface area contributed by atoms with Crippen molar-refractivity contribution in [2.75, 3.05) is 24.2 Å². The van der Waals surface area contributed by atoms with Crippen molar-refractivity contribution in [1.82, 2.24) is 0 Å². The van der Waals surface area contributed by atoms with Gasteiger partial charge in [-0.2, -0.15) is 0 Å². The predicted octanol–water partition coefficient (Wildman–Crippen LogP) is 2.78. The molecule has 96 valence electrons. The molecule has 0 spiro atoms. The van der Waals surface area contributed by atoms with Gasteiger partial charge in [-0.3, -0.25) is 0 Å². The molecule has 0 saturated carbocycles. The molecule has 0 amide bonds. The fraction of sp³-hybridized carbons (Fsp3) is 0.500. The zero-order valence-electron chi connectivity index (χ0n) is 9.63. The third-order valence-electron chi connectivity index (χ3n) is 2.46. The van der Waals surface area contributed by atoms with E-state index in [4.69, 9.17) is 10.8 Å². The lowest BCUT2D eigenvalue weighted by Gasteiger charge is -2.12. The Morgan fingerprint density at radius 1 is 1.24 bits per heavy atom. The van der Waals surface area contributed by atoms with E-state index in [1.54, 1.807) is 12.1 Å². The minimum Gasteiger partial charge on any atom is -0.399 e. The zero-order valence-corrected chi connectivity index (χ0v) is 9.63. The number of unbranched alkanes of at least 4 members (excludes halogenated alkanes) is 2. The number of hydrogen-bond acceptors (Lipinski definition) is 3. The SMILES string of the molecule is Nc1ccc(NCCCCCO)c(C(F)F)c1. The van der Waals surface area contributed by atoms with Gasteiger partial charge in [0.25, 0.3) is 6.43 Å². The molecule has 0 aliphatic carbocycles. The smallest absolute Gasteiger partial charge is 0.265 e. The molecule has 4 N–H and O–H groups in total. The summed E-state index contributed by atoms with van der Waals surface area (Å²) < 4.78 is 25.4. The number of benzene rings is 1. The molecule has 17 heavy (non-hydrogen) atoms. The van der Waals surface area contributed by atoms with Crippen molar-refractivity contribution in [3.63, 3.8) is 0 Å². The minimum atomic E-state index is -2.53. The lowest BCUT2D eigenvalue weighted by molar-refractivity contribution is 0.152. The van der Waals surface area contributed by atoms with E-state index in [9.17, 15) is 8.78 Å². The van der Waals surface area contributed by atoms with Gasteiger partial charge in [0.15, 0.2) is 0 Å². The van der Waals surface area contributed by atoms with Gasteiger partial charge in [0.1, 0.15) is 0 Å². The van der Waals surface area contributed by atoms with Crippen molar-refractivity contribution in [2.45, 2.75) is 25.7 Å². The number of halogens is 2. The van der Waals surface area contributed by atoms with Crippen LogP contribution in [0.1, 0.15) is 31.3 Å². The Bertz CT molecular complexity index is 345. The van der Waals surface area contributed by atoms with Gasteiger partial charge < -0.3 is 16.2 Å². The predicted molar refractivity (Wildman–Crippen MR) is 65.2 cm³/mol. The third kappa shape index (κ3) is 4.56. The van der Waals surface area contributed by atoms with Gasteiger partial charge in [-0.25, -0.2) is 8.78 Å². The molecule has 3 nitrogen and oxygen atoms in total. The molecule has 0 aliphatic heterocycles. The molecule has 1 aromatic rings. The first kappa shape index (κ1) is 13.7. The van der Waals surface area contributed by atoms with Gasteiger partial charge in [0.2, 0.25) is 0 Å². The Morgan fingerprint density at radius 2 is 2.00 bits per heavy atom. The highest BCUT2D eigenvalue weighted by atomic mass is 19.3. The van der Waals surface area contributed by atoms with E-state index in [1.807, 2.05) is 0 Å². The Balaban J connectivity index is 2.52. The Kier molecular flexibility index (Phi) is 5.69. The van der Waals surface area contributed by atoms with Crippen LogP contribution in [-0.4, -0.2) is 18.3 Å². The molecule has 0 radical (unpaired) electrons. The maximum atomic E-state index is 12.7. The fourth-order valence-corrected chi connectivity index (χ4v) is 1.56. The fourth-order valence-electron chi connectivity index (χ4n) is 1.56. The lowest BCUT2D eigenvalue weighted by Crippen LogP contribution is -2.05. The number of rotatable bonds is 7. The summed E-state index contributed by atoms with van der Waals surface area (Å²) in [5.41, 5.74) is 6.18. The van der Waals surface area contributed by atoms with Crippen molar-refractivity contribution < 1.29 is 13.9 Å². The molecule has 0 heterocycles. The van der Waals surface area contributed by atoms with Crippen LogP contribution < -0.4 is 11.1 Å². The lowest BCUT2D eigenvalue weighted by atomic mass is 10.1. The van der Waals surface area contributed by atoms with Crippen molar-refractivity contribution in [3.05, 3.63) is 23.8 Å². The van der Waals surface area contributed by atoms with Crippen LogP contribution in [0.25, 0.3) is 0 Å². The van der Waals surface area contributed by atoms with E-state index < -0.39 is 6.43 Å². The van der Waals surface area contributed by atoms with Crippen molar-refractivity contribution >= 4 is 11.4 Å². The van der Waals surface area contributed by atoms with Crippen LogP contribution in [0.4, 0.5) is 20.2 Å². The molecule has 0 bridgehead atoms. The summed E-state index contributed by atoms with van der Waals surface area (Å²) in [5, 5.41) is 11.6. The van der Waals surface area contributed by atoms with Gasteiger partial charge in [-0.1, -0.05) is 0 Å². The van der Waals surface area contributed by atoms with Crippen molar-refractivity contribution in [1.29, 1.82) is 0 Å². The van der Waals surface area contributed by atoms with Crippen LogP contribution in [0.5, 0.6) is 0 Å². The number of hydrogen-bond donors (Lipinski definition) is 3. The Hall–Kier alpha value is -1.36. The molecule has 1 aromatic carbocycles. The highest BCUT2D eigenvalue weighted by Gasteiger charge is 2.12. The highest BCUT2D eigenvalue weighted by molar-refractivity contribution is 5.58. The minimum absolute atomic E-state index is 0.0628. The van der Waals surface area contributed by atoms with Gasteiger partial charge >= 0.3 is 0 Å². The second kappa shape index (κ2) is 7.06. The molecule has 0 atom stereocenters. The monoisotopic (exact) mass is 244 g/mol. The first-order chi connectivity index (χ1) is 8.15. The second-order valence-electron chi connectivity index (χ2n) is 3.86. The molecule has 0 aliphatic rings. The van der Waals surface area contributed by atoms with Gasteiger partial charge in [0.05, 0.1) is 0 Å². The van der Waals surface area contributed by atoms with Gasteiger partial charge in [-0.05, 0) is 37.5 Å². The molecule has 0 saturated heterocycles. The molecule has 0 aromatic heterocycles. The number of aliphatic hydroxyl groups excluding tert-OH is 1. The Morgan fingerprint density at radius 3 is 2.65 bits per heavy atom. The normalized spacial score (nSPS) is 10.8. The Labute approximate surface area is 99.6 Å². The summed E-state index contributed by atoms with van der Waals surface area (Å²) in [5.74, 6) is 0. The average Bonchev–Trinajstić information content (AvgIpc) is 2.30. The van der Waals surface area contributed by atoms with E-state index in [0.717, 1.165) is 19.3 Å². The first-order valence-corrected chi connectivity index (χ1v) is 5.67. The van der Waals surface area contributed by atoms with Crippen molar-refractivity contribution in [3.8, 4) is 0 Å². The molecule has 1 rings (SSSR count). The molecule has 0 fully saturated rings. The van der Waals surface area contributed by atoms with Crippen LogP contribution in [0.3, 0.4) is 0 Å². The van der Waals surface area contributed by atoms with Crippen LogP contribution in [0, 0.1) is 0 Å². The standard InChI is InChI=1S/C12H18F2N2O/c13-12(14)10-8-9(15)4-5-11(10)16-6-2-1-3-7-17/h4-5,8,12,16-17H,1-3,6-7,15H2. The second-order valence-corrected chi connectivity index (χ2v) is 3.86. The summed E-state index contributed by atoms with van der Waals surface area (Å²) in [6.07, 6.45) is -0.0697. The average molecular weight is 244 g/mol. The zero-order chi connectivity index (χ0) is 12.7. The summed E-state index contributed by atoms with van der Waals surface area (Å²) in [4.78, 5) is 0. The first-order valence-electron chi connectivity index (χ1n) is 5.67. The van der Waals surface area contributed by atoms with Crippen LogP contribution in [-0.2, 0) is 0 Å². The number of nitrogens with one attached hydrogen (secondary N) is 1. The van der Waals surface area contributed by atoms with Crippen LogP contribution in [0.2, 0.25) is 0 Å². The van der Waals surface area contributed by atoms with Crippen LogP contribution >= 0.6 is 0 Å². The van der Waals surface area contributed by atoms with Crippen LogP contribution in [0.15, 0.2) is 18.2 Å². The largest absolute Gasteiger partial charge is 0.399 e. The molecular formula is C12H18F2N2O. The summed E-state index contributed by atoms with van der Waals surface area (Å²) in [6.45, 7) is 0.786. The quantitative estimate of drug-likeness (QED) is 0.510. The number of anilines is 2. The highest BCUT2D eigenvalue weighted by Crippen LogP contribution is 2.28. The maximum absolute atomic E-state index is 12.7. The number of aliphatic hydroxyl groups is 1. The summed E-state index contributed by atoms with van der Waals surface area (Å²) in [6, 6.07) is 4.46. The maximum Gasteiger partial charge on any atom is 0.265 e. The van der Waals surface area contributed by atoms with E-state index in [0.29, 0.717) is 17.9 Å². The molecule has 0 unspecified atom stereocenters. The van der Waals surface area contributed by atoms with Crippen molar-refractivity contribution in [2.24, 2.45) is 0 Å². The number of nitrogens with two attached hydrogens (primary N) is 1. The van der Waals surface area contributed by atoms with E-state index in [2.05, 4.69) is 5.32 Å². The topological polar surface area (TPSA) is 58.3 Å². The van der Waals surface area contributed by atoms with Gasteiger partial charge in [0, 0.05) is 30.1 Å². The molecule has 5 heteroatoms. The van der Waals surface area contributed by atoms with Gasteiger partial charge in [-0.15, -0.1) is 0 Å². The summed E-state index contributed by atoms with van der Waals surface area (Å²) >= 11 is 0. The summed E-state index contributed by atoms with van der Waals surface area (Å²) in [7, 11) is 0. The van der Waals surface area contributed by atoms with E-state index in [1.165, 1.54) is 6.07 Å². The van der Waals surface area contributed by atoms with E-state index >= 15 is 0 Å². The number of nitrogen functional groups attached to an aromatic ring is 1.